The molecule has 2 nitrogen and oxygen atoms in total. The first-order chi connectivity index (χ1) is 8.11. The Morgan fingerprint density at radius 1 is 1.12 bits per heavy atom. The first kappa shape index (κ1) is 13.4. The van der Waals surface area contributed by atoms with Gasteiger partial charge in [0, 0.05) is 16.1 Å². The van der Waals surface area contributed by atoms with Crippen LogP contribution in [-0.2, 0) is 0 Å². The van der Waals surface area contributed by atoms with Crippen molar-refractivity contribution in [1.82, 2.24) is 0 Å². The van der Waals surface area contributed by atoms with Crippen molar-refractivity contribution in [2.75, 3.05) is 0 Å². The number of hydrogen-bond acceptors (Lipinski definition) is 2. The van der Waals surface area contributed by atoms with Gasteiger partial charge in [0.25, 0.3) is 0 Å². The molecule has 0 unspecified atom stereocenters. The summed E-state index contributed by atoms with van der Waals surface area (Å²) in [5.41, 5.74) is 7.17. The average Bonchev–Trinajstić information content (AvgIpc) is 2.35. The highest BCUT2D eigenvalue weighted by molar-refractivity contribution is 9.11. The molecule has 1 aliphatic carbocycles. The molecule has 1 fully saturated rings. The maximum Gasteiger partial charge on any atom is 0.135 e. The first-order valence-corrected chi connectivity index (χ1v) is 7.62. The minimum Gasteiger partial charge on any atom is -0.506 e. The molecule has 1 aromatic carbocycles. The zero-order chi connectivity index (χ0) is 12.4. The van der Waals surface area contributed by atoms with E-state index >= 15 is 0 Å². The number of phenols is 1. The van der Waals surface area contributed by atoms with Crippen LogP contribution in [0.25, 0.3) is 0 Å². The molecule has 17 heavy (non-hydrogen) atoms. The van der Waals surface area contributed by atoms with Gasteiger partial charge < -0.3 is 10.8 Å². The summed E-state index contributed by atoms with van der Waals surface area (Å²) in [6.45, 7) is 0. The second kappa shape index (κ2) is 5.72. The maximum atomic E-state index is 10.1. The van der Waals surface area contributed by atoms with Crippen LogP contribution in [0.1, 0.15) is 43.7 Å². The molecular weight excluding hydrogens is 346 g/mol. The molecule has 0 saturated heterocycles. The Morgan fingerprint density at radius 2 is 1.71 bits per heavy atom. The molecule has 2 rings (SSSR count). The van der Waals surface area contributed by atoms with Gasteiger partial charge in [0.15, 0.2) is 0 Å². The number of halogens is 2. The van der Waals surface area contributed by atoms with Gasteiger partial charge in [0.2, 0.25) is 0 Å². The lowest BCUT2D eigenvalue weighted by Gasteiger charge is -2.29. The molecule has 0 spiro atoms. The van der Waals surface area contributed by atoms with Crippen molar-refractivity contribution in [3.8, 4) is 5.75 Å². The molecule has 1 aliphatic rings. The summed E-state index contributed by atoms with van der Waals surface area (Å²) >= 11 is 6.83. The predicted molar refractivity (Wildman–Crippen MR) is 77.0 cm³/mol. The summed E-state index contributed by atoms with van der Waals surface area (Å²) in [5, 5.41) is 10.1. The molecule has 3 N–H and O–H groups in total. The Kier molecular flexibility index (Phi) is 4.50. The lowest BCUT2D eigenvalue weighted by atomic mass is 9.81. The molecule has 0 aliphatic heterocycles. The van der Waals surface area contributed by atoms with Crippen LogP contribution in [0, 0.1) is 5.92 Å². The van der Waals surface area contributed by atoms with E-state index in [1.54, 1.807) is 0 Å². The lowest BCUT2D eigenvalue weighted by molar-refractivity contribution is 0.302. The molecule has 0 amide bonds. The van der Waals surface area contributed by atoms with Gasteiger partial charge in [-0.25, -0.2) is 0 Å². The SMILES string of the molecule is N[C@@H](c1c(Br)ccc(Br)c1O)C1CCCCC1. The largest absolute Gasteiger partial charge is 0.506 e. The van der Waals surface area contributed by atoms with E-state index in [1.807, 2.05) is 12.1 Å². The minimum atomic E-state index is -0.0813. The molecule has 0 bridgehead atoms. The fourth-order valence-electron chi connectivity index (χ4n) is 2.60. The van der Waals surface area contributed by atoms with Crippen LogP contribution < -0.4 is 5.73 Å². The number of aromatic hydroxyl groups is 1. The molecule has 1 saturated carbocycles. The summed E-state index contributed by atoms with van der Waals surface area (Å²) in [7, 11) is 0. The molecular formula is C13H17Br2NO. The zero-order valence-corrected chi connectivity index (χ0v) is 12.8. The van der Waals surface area contributed by atoms with Crippen LogP contribution in [0.2, 0.25) is 0 Å². The summed E-state index contributed by atoms with van der Waals surface area (Å²) < 4.78 is 1.61. The fraction of sp³-hybridized carbons (Fsp3) is 0.538. The molecule has 1 atom stereocenters. The van der Waals surface area contributed by atoms with Crippen LogP contribution in [-0.4, -0.2) is 5.11 Å². The Bertz CT molecular complexity index is 403. The Morgan fingerprint density at radius 3 is 2.35 bits per heavy atom. The number of phenolic OH excluding ortho intramolecular Hbond substituents is 1. The van der Waals surface area contributed by atoms with E-state index in [0.717, 1.165) is 10.0 Å². The molecule has 0 heterocycles. The lowest BCUT2D eigenvalue weighted by Crippen LogP contribution is -2.24. The van der Waals surface area contributed by atoms with Crippen LogP contribution >= 0.6 is 31.9 Å². The highest BCUT2D eigenvalue weighted by Crippen LogP contribution is 2.42. The van der Waals surface area contributed by atoms with Crippen LogP contribution in [0.4, 0.5) is 0 Å². The molecule has 94 valence electrons. The number of rotatable bonds is 2. The average molecular weight is 363 g/mol. The monoisotopic (exact) mass is 361 g/mol. The third-order valence-corrected chi connectivity index (χ3v) is 4.94. The van der Waals surface area contributed by atoms with Crippen molar-refractivity contribution in [1.29, 1.82) is 0 Å². The van der Waals surface area contributed by atoms with Gasteiger partial charge in [0.1, 0.15) is 5.75 Å². The van der Waals surface area contributed by atoms with Gasteiger partial charge in [-0.3, -0.25) is 0 Å². The topological polar surface area (TPSA) is 46.2 Å². The van der Waals surface area contributed by atoms with Gasteiger partial charge in [-0.1, -0.05) is 35.2 Å². The second-order valence-corrected chi connectivity index (χ2v) is 6.42. The molecule has 1 aromatic rings. The van der Waals surface area contributed by atoms with Crippen molar-refractivity contribution in [3.63, 3.8) is 0 Å². The first-order valence-electron chi connectivity index (χ1n) is 6.03. The molecule has 0 aromatic heterocycles. The molecule has 0 radical (unpaired) electrons. The number of hydrogen-bond donors (Lipinski definition) is 2. The number of nitrogens with two attached hydrogens (primary N) is 1. The standard InChI is InChI=1S/C13H17Br2NO/c14-9-6-7-10(15)13(17)11(9)12(16)8-4-2-1-3-5-8/h6-8,12,17H,1-5,16H2/t12-/m1/s1. The van der Waals surface area contributed by atoms with E-state index in [-0.39, 0.29) is 11.8 Å². The smallest absolute Gasteiger partial charge is 0.135 e. The maximum absolute atomic E-state index is 10.1. The van der Waals surface area contributed by atoms with Crippen LogP contribution in [0.3, 0.4) is 0 Å². The van der Waals surface area contributed by atoms with E-state index in [1.165, 1.54) is 32.1 Å². The van der Waals surface area contributed by atoms with E-state index in [2.05, 4.69) is 31.9 Å². The van der Waals surface area contributed by atoms with Crippen molar-refractivity contribution in [3.05, 3.63) is 26.6 Å². The fourth-order valence-corrected chi connectivity index (χ4v) is 3.53. The van der Waals surface area contributed by atoms with Gasteiger partial charge >= 0.3 is 0 Å². The second-order valence-electron chi connectivity index (χ2n) is 4.72. The summed E-state index contributed by atoms with van der Waals surface area (Å²) in [6.07, 6.45) is 6.16. The van der Waals surface area contributed by atoms with Crippen LogP contribution in [0.5, 0.6) is 5.75 Å². The Balaban J connectivity index is 2.29. The van der Waals surface area contributed by atoms with Crippen molar-refractivity contribution >= 4 is 31.9 Å². The highest BCUT2D eigenvalue weighted by atomic mass is 79.9. The summed E-state index contributed by atoms with van der Waals surface area (Å²) in [5.74, 6) is 0.762. The summed E-state index contributed by atoms with van der Waals surface area (Å²) in [6, 6.07) is 3.68. The van der Waals surface area contributed by atoms with E-state index < -0.39 is 0 Å². The highest BCUT2D eigenvalue weighted by Gasteiger charge is 2.26. The van der Waals surface area contributed by atoms with Gasteiger partial charge in [-0.05, 0) is 46.8 Å². The third kappa shape index (κ3) is 2.85. The minimum absolute atomic E-state index is 0.0813. The van der Waals surface area contributed by atoms with E-state index in [4.69, 9.17) is 5.73 Å². The Hall–Kier alpha value is -0.0600. The van der Waals surface area contributed by atoms with Crippen molar-refractivity contribution in [2.45, 2.75) is 38.1 Å². The van der Waals surface area contributed by atoms with E-state index in [0.29, 0.717) is 10.4 Å². The van der Waals surface area contributed by atoms with Gasteiger partial charge in [0.05, 0.1) is 4.47 Å². The van der Waals surface area contributed by atoms with Crippen LogP contribution in [0.15, 0.2) is 21.1 Å². The van der Waals surface area contributed by atoms with Crippen molar-refractivity contribution < 1.29 is 5.11 Å². The number of benzene rings is 1. The Labute approximate surface area is 119 Å². The van der Waals surface area contributed by atoms with Crippen molar-refractivity contribution in [2.24, 2.45) is 11.7 Å². The summed E-state index contributed by atoms with van der Waals surface area (Å²) in [4.78, 5) is 0. The third-order valence-electron chi connectivity index (χ3n) is 3.61. The quantitative estimate of drug-likeness (QED) is 0.813. The zero-order valence-electron chi connectivity index (χ0n) is 9.63. The van der Waals surface area contributed by atoms with Gasteiger partial charge in [-0.2, -0.15) is 0 Å². The predicted octanol–water partition coefficient (Wildman–Crippen LogP) is 4.50. The molecule has 4 heteroatoms. The van der Waals surface area contributed by atoms with Gasteiger partial charge in [-0.15, -0.1) is 0 Å². The normalized spacial score (nSPS) is 19.2. The van der Waals surface area contributed by atoms with E-state index in [9.17, 15) is 5.11 Å².